The first kappa shape index (κ1) is 32.6. The molecule has 3 N–H and O–H groups in total. The molecule has 0 radical (unpaired) electrons. The molecule has 226 valence electrons. The Labute approximate surface area is 240 Å². The number of benzene rings is 2. The number of aliphatic hydroxyl groups excluding tert-OH is 2. The minimum absolute atomic E-state index is 0.159. The van der Waals surface area contributed by atoms with E-state index in [2.05, 4.69) is 5.32 Å². The average Bonchev–Trinajstić information content (AvgIpc) is 3.44. The molecular formula is C31H42F2N2O6. The topological polar surface area (TPSA) is 108 Å². The Morgan fingerprint density at radius 1 is 1.05 bits per heavy atom. The van der Waals surface area contributed by atoms with E-state index in [9.17, 15) is 28.6 Å². The van der Waals surface area contributed by atoms with Crippen LogP contribution in [0, 0.1) is 24.5 Å². The van der Waals surface area contributed by atoms with Crippen molar-refractivity contribution in [3.8, 4) is 0 Å². The molecule has 1 aliphatic rings. The predicted octanol–water partition coefficient (Wildman–Crippen LogP) is 3.65. The maximum atomic E-state index is 13.9. The second-order valence-electron chi connectivity index (χ2n) is 10.8. The molecular weight excluding hydrogens is 534 g/mol. The van der Waals surface area contributed by atoms with Gasteiger partial charge in [0.1, 0.15) is 23.8 Å². The fourth-order valence-corrected chi connectivity index (χ4v) is 5.00. The van der Waals surface area contributed by atoms with Crippen LogP contribution in [0.4, 0.5) is 8.78 Å². The first-order chi connectivity index (χ1) is 19.6. The molecule has 3 rings (SSSR count). The van der Waals surface area contributed by atoms with Crippen LogP contribution < -0.4 is 5.32 Å². The zero-order chi connectivity index (χ0) is 29.9. The van der Waals surface area contributed by atoms with Gasteiger partial charge in [0.15, 0.2) is 0 Å². The van der Waals surface area contributed by atoms with Gasteiger partial charge in [-0.05, 0) is 74.1 Å². The van der Waals surface area contributed by atoms with Gasteiger partial charge in [0.25, 0.3) is 11.8 Å². The van der Waals surface area contributed by atoms with Gasteiger partial charge in [-0.3, -0.25) is 9.59 Å². The number of hydrogen-bond donors (Lipinski definition) is 3. The summed E-state index contributed by atoms with van der Waals surface area (Å²) >= 11 is 0. The number of ether oxygens (including phenoxy) is 2. The molecule has 0 saturated carbocycles. The lowest BCUT2D eigenvalue weighted by Gasteiger charge is -2.28. The maximum absolute atomic E-state index is 13.9. The van der Waals surface area contributed by atoms with Gasteiger partial charge in [0.05, 0.1) is 25.9 Å². The van der Waals surface area contributed by atoms with E-state index in [1.165, 1.54) is 6.07 Å². The summed E-state index contributed by atoms with van der Waals surface area (Å²) in [6.07, 6.45) is -0.615. The SMILES string of the molecule is CCCN(CCC)C(=O)c1cc(C)cc(C(=O)N[C@@H](Cc2cc(F)cc(F)c2)[C@@H](O)C(O)COCC2CCOC2)c1. The number of rotatable bonds is 15. The highest BCUT2D eigenvalue weighted by atomic mass is 19.1. The largest absolute Gasteiger partial charge is 0.388 e. The van der Waals surface area contributed by atoms with E-state index in [4.69, 9.17) is 9.47 Å². The van der Waals surface area contributed by atoms with Crippen molar-refractivity contribution in [2.75, 3.05) is 39.5 Å². The normalized spacial score (nSPS) is 17.2. The Bertz CT molecular complexity index is 1130. The summed E-state index contributed by atoms with van der Waals surface area (Å²) in [5.41, 5.74) is 1.45. The van der Waals surface area contributed by atoms with Crippen LogP contribution in [0.3, 0.4) is 0 Å². The van der Waals surface area contributed by atoms with Crippen LogP contribution in [-0.4, -0.2) is 84.7 Å². The number of nitrogens with zero attached hydrogens (tertiary/aromatic N) is 1. The Morgan fingerprint density at radius 3 is 2.32 bits per heavy atom. The molecule has 0 aromatic heterocycles. The highest BCUT2D eigenvalue weighted by Crippen LogP contribution is 2.18. The molecule has 0 bridgehead atoms. The lowest BCUT2D eigenvalue weighted by Crippen LogP contribution is -2.51. The van der Waals surface area contributed by atoms with E-state index in [0.29, 0.717) is 44.0 Å². The van der Waals surface area contributed by atoms with E-state index in [-0.39, 0.29) is 36.0 Å². The summed E-state index contributed by atoms with van der Waals surface area (Å²) in [5, 5.41) is 24.4. The number of nitrogens with one attached hydrogen (secondary N) is 1. The van der Waals surface area contributed by atoms with Gasteiger partial charge in [-0.15, -0.1) is 0 Å². The Kier molecular flexibility index (Phi) is 12.6. The number of carbonyl (C=O) groups excluding carboxylic acids is 2. The van der Waals surface area contributed by atoms with Crippen LogP contribution >= 0.6 is 0 Å². The molecule has 1 aliphatic heterocycles. The Morgan fingerprint density at radius 2 is 1.71 bits per heavy atom. The van der Waals surface area contributed by atoms with Crippen molar-refractivity contribution >= 4 is 11.8 Å². The number of aryl methyl sites for hydroxylation is 1. The van der Waals surface area contributed by atoms with Gasteiger partial charge in [-0.25, -0.2) is 8.78 Å². The van der Waals surface area contributed by atoms with Crippen LogP contribution in [0.25, 0.3) is 0 Å². The van der Waals surface area contributed by atoms with E-state index >= 15 is 0 Å². The van der Waals surface area contributed by atoms with Crippen molar-refractivity contribution in [2.45, 2.75) is 64.7 Å². The molecule has 2 aromatic rings. The van der Waals surface area contributed by atoms with Crippen molar-refractivity contribution in [3.63, 3.8) is 0 Å². The Hall–Kier alpha value is -2.92. The number of aliphatic hydroxyl groups is 2. The van der Waals surface area contributed by atoms with Gasteiger partial charge in [-0.1, -0.05) is 13.8 Å². The van der Waals surface area contributed by atoms with Crippen molar-refractivity contribution in [2.24, 2.45) is 5.92 Å². The summed E-state index contributed by atoms with van der Waals surface area (Å²) in [6, 6.07) is 6.66. The highest BCUT2D eigenvalue weighted by Gasteiger charge is 2.30. The summed E-state index contributed by atoms with van der Waals surface area (Å²) < 4.78 is 38.7. The molecule has 2 aromatic carbocycles. The first-order valence-electron chi connectivity index (χ1n) is 14.3. The van der Waals surface area contributed by atoms with E-state index in [0.717, 1.165) is 37.5 Å². The third kappa shape index (κ3) is 9.85. The van der Waals surface area contributed by atoms with Crippen LogP contribution in [0.2, 0.25) is 0 Å². The minimum Gasteiger partial charge on any atom is -0.388 e. The molecule has 1 heterocycles. The molecule has 1 fully saturated rings. The third-order valence-corrected chi connectivity index (χ3v) is 7.03. The number of carbonyl (C=O) groups is 2. The van der Waals surface area contributed by atoms with Crippen LogP contribution in [-0.2, 0) is 15.9 Å². The highest BCUT2D eigenvalue weighted by molar-refractivity contribution is 6.00. The van der Waals surface area contributed by atoms with Gasteiger partial charge >= 0.3 is 0 Å². The van der Waals surface area contributed by atoms with Crippen molar-refractivity contribution in [1.29, 1.82) is 0 Å². The average molecular weight is 577 g/mol. The van der Waals surface area contributed by atoms with Crippen LogP contribution in [0.1, 0.15) is 65.0 Å². The van der Waals surface area contributed by atoms with Gasteiger partial charge in [0, 0.05) is 42.8 Å². The third-order valence-electron chi connectivity index (χ3n) is 7.03. The second-order valence-corrected chi connectivity index (χ2v) is 10.8. The quantitative estimate of drug-likeness (QED) is 0.299. The maximum Gasteiger partial charge on any atom is 0.253 e. The van der Waals surface area contributed by atoms with Gasteiger partial charge in [0.2, 0.25) is 0 Å². The predicted molar refractivity (Wildman–Crippen MR) is 151 cm³/mol. The number of amides is 2. The molecule has 1 saturated heterocycles. The zero-order valence-electron chi connectivity index (χ0n) is 24.1. The van der Waals surface area contributed by atoms with E-state index in [1.807, 2.05) is 13.8 Å². The summed E-state index contributed by atoms with van der Waals surface area (Å²) in [5.74, 6) is -2.18. The Balaban J connectivity index is 1.80. The zero-order valence-corrected chi connectivity index (χ0v) is 24.1. The fourth-order valence-electron chi connectivity index (χ4n) is 5.00. The monoisotopic (exact) mass is 576 g/mol. The smallest absolute Gasteiger partial charge is 0.253 e. The molecule has 10 heteroatoms. The van der Waals surface area contributed by atoms with Crippen molar-refractivity contribution in [1.82, 2.24) is 10.2 Å². The summed E-state index contributed by atoms with van der Waals surface area (Å²) in [7, 11) is 0. The second kappa shape index (κ2) is 15.9. The molecule has 8 nitrogen and oxygen atoms in total. The number of halogens is 2. The van der Waals surface area contributed by atoms with Gasteiger partial charge in [-0.2, -0.15) is 0 Å². The molecule has 2 unspecified atom stereocenters. The number of hydrogen-bond acceptors (Lipinski definition) is 6. The summed E-state index contributed by atoms with van der Waals surface area (Å²) in [4.78, 5) is 28.4. The molecule has 0 aliphatic carbocycles. The van der Waals surface area contributed by atoms with Gasteiger partial charge < -0.3 is 29.9 Å². The minimum atomic E-state index is -1.51. The van der Waals surface area contributed by atoms with E-state index in [1.54, 1.807) is 24.0 Å². The lowest BCUT2D eigenvalue weighted by atomic mass is 9.96. The first-order valence-corrected chi connectivity index (χ1v) is 14.3. The van der Waals surface area contributed by atoms with Crippen LogP contribution in [0.15, 0.2) is 36.4 Å². The van der Waals surface area contributed by atoms with Crippen molar-refractivity contribution < 1.29 is 38.1 Å². The van der Waals surface area contributed by atoms with Crippen molar-refractivity contribution in [3.05, 3.63) is 70.3 Å². The molecule has 41 heavy (non-hydrogen) atoms. The van der Waals surface area contributed by atoms with E-state index < -0.39 is 35.8 Å². The van der Waals surface area contributed by atoms with Crippen LogP contribution in [0.5, 0.6) is 0 Å². The standard InChI is InChI=1S/C31H42F2N2O6/c1-4-7-35(8-5-2)31(39)24-11-20(3)10-23(15-24)30(38)34-27(14-22-12-25(32)16-26(33)13-22)29(37)28(36)19-41-18-21-6-9-40-17-21/h10-13,15-16,21,27-29,36-37H,4-9,14,17-19H2,1-3H3,(H,34,38)/t21?,27-,28?,29+/m0/s1. The fraction of sp³-hybridized carbons (Fsp3) is 0.548. The molecule has 4 atom stereocenters. The summed E-state index contributed by atoms with van der Waals surface area (Å²) in [6.45, 7) is 8.31. The molecule has 2 amide bonds. The lowest BCUT2D eigenvalue weighted by molar-refractivity contribution is -0.0562. The molecule has 0 spiro atoms.